The van der Waals surface area contributed by atoms with Crippen LogP contribution in [0.5, 0.6) is 0 Å². The molecule has 0 spiro atoms. The van der Waals surface area contributed by atoms with Crippen LogP contribution in [0.2, 0.25) is 0 Å². The molecule has 2 N–H and O–H groups in total. The molecule has 0 bridgehead atoms. The maximum atomic E-state index is 13.2. The van der Waals surface area contributed by atoms with Crippen LogP contribution >= 0.6 is 0 Å². The van der Waals surface area contributed by atoms with Gasteiger partial charge in [0.1, 0.15) is 5.82 Å². The van der Waals surface area contributed by atoms with Crippen molar-refractivity contribution in [1.29, 1.82) is 0 Å². The van der Waals surface area contributed by atoms with Crippen LogP contribution in [-0.2, 0) is 0 Å². The number of benzene rings is 2. The van der Waals surface area contributed by atoms with Crippen molar-refractivity contribution in [2.45, 2.75) is 6.92 Å². The number of carboxylic acid groups (broad SMARTS) is 1. The van der Waals surface area contributed by atoms with E-state index in [0.29, 0.717) is 5.56 Å². The van der Waals surface area contributed by atoms with Crippen LogP contribution in [0, 0.1) is 12.7 Å². The van der Waals surface area contributed by atoms with Crippen LogP contribution in [0.1, 0.15) is 26.3 Å². The van der Waals surface area contributed by atoms with Gasteiger partial charge in [0.15, 0.2) is 0 Å². The zero-order valence-corrected chi connectivity index (χ0v) is 10.7. The molecule has 4 nitrogen and oxygen atoms in total. The number of carbonyl (C=O) groups excluding carboxylic acids is 1. The summed E-state index contributed by atoms with van der Waals surface area (Å²) in [6.45, 7) is 1.89. The minimum absolute atomic E-state index is 0.0666. The highest BCUT2D eigenvalue weighted by Crippen LogP contribution is 2.18. The van der Waals surface area contributed by atoms with E-state index < -0.39 is 17.7 Å². The molecule has 2 rings (SSSR count). The largest absolute Gasteiger partial charge is 0.478 e. The number of halogens is 1. The van der Waals surface area contributed by atoms with E-state index in [0.717, 1.165) is 23.8 Å². The van der Waals surface area contributed by atoms with Gasteiger partial charge in [0, 0.05) is 5.56 Å². The molecule has 0 saturated carbocycles. The summed E-state index contributed by atoms with van der Waals surface area (Å²) < 4.78 is 13.2. The number of carbonyl (C=O) groups is 2. The van der Waals surface area contributed by atoms with Crippen molar-refractivity contribution in [3.8, 4) is 0 Å². The number of carboxylic acids is 1. The van der Waals surface area contributed by atoms with Crippen molar-refractivity contribution in [2.75, 3.05) is 5.32 Å². The Kier molecular flexibility index (Phi) is 3.79. The van der Waals surface area contributed by atoms with Gasteiger partial charge >= 0.3 is 5.97 Å². The van der Waals surface area contributed by atoms with Gasteiger partial charge in [0.25, 0.3) is 5.91 Å². The number of hydrogen-bond acceptors (Lipinski definition) is 2. The van der Waals surface area contributed by atoms with Crippen molar-refractivity contribution >= 4 is 17.6 Å². The highest BCUT2D eigenvalue weighted by molar-refractivity contribution is 6.07. The molecule has 102 valence electrons. The summed E-state index contributed by atoms with van der Waals surface area (Å²) in [5.41, 5.74) is 1.14. The van der Waals surface area contributed by atoms with Gasteiger partial charge < -0.3 is 10.4 Å². The van der Waals surface area contributed by atoms with Crippen molar-refractivity contribution in [1.82, 2.24) is 0 Å². The molecule has 0 aliphatic carbocycles. The lowest BCUT2D eigenvalue weighted by molar-refractivity contribution is 0.0698. The number of rotatable bonds is 3. The van der Waals surface area contributed by atoms with E-state index in [1.54, 1.807) is 24.3 Å². The lowest BCUT2D eigenvalue weighted by atomic mass is 10.1. The fourth-order valence-electron chi connectivity index (χ4n) is 1.71. The lowest BCUT2D eigenvalue weighted by Gasteiger charge is -2.08. The summed E-state index contributed by atoms with van der Waals surface area (Å²) in [6.07, 6.45) is 0. The zero-order valence-electron chi connectivity index (χ0n) is 10.7. The number of aryl methyl sites for hydroxylation is 1. The predicted octanol–water partition coefficient (Wildman–Crippen LogP) is 3.08. The highest BCUT2D eigenvalue weighted by atomic mass is 19.1. The average Bonchev–Trinajstić information content (AvgIpc) is 2.39. The number of hydrogen-bond donors (Lipinski definition) is 2. The van der Waals surface area contributed by atoms with Crippen molar-refractivity contribution < 1.29 is 19.1 Å². The van der Waals surface area contributed by atoms with Gasteiger partial charge in [-0.25, -0.2) is 9.18 Å². The Bertz CT molecular complexity index is 665. The first-order valence-corrected chi connectivity index (χ1v) is 5.88. The molecule has 0 aliphatic rings. The molecule has 2 aromatic carbocycles. The third kappa shape index (κ3) is 3.00. The normalized spacial score (nSPS) is 10.1. The van der Waals surface area contributed by atoms with Gasteiger partial charge in [0.05, 0.1) is 11.3 Å². The number of amides is 1. The second-order valence-corrected chi connectivity index (χ2v) is 4.32. The zero-order chi connectivity index (χ0) is 14.7. The first-order chi connectivity index (χ1) is 9.47. The van der Waals surface area contributed by atoms with Crippen molar-refractivity contribution in [3.63, 3.8) is 0 Å². The van der Waals surface area contributed by atoms with Gasteiger partial charge in [-0.2, -0.15) is 0 Å². The van der Waals surface area contributed by atoms with Gasteiger partial charge in [-0.3, -0.25) is 4.79 Å². The van der Waals surface area contributed by atoms with Gasteiger partial charge in [-0.1, -0.05) is 17.7 Å². The lowest BCUT2D eigenvalue weighted by Crippen LogP contribution is -2.15. The minimum atomic E-state index is -1.23. The first-order valence-electron chi connectivity index (χ1n) is 5.88. The Morgan fingerprint density at radius 1 is 1.10 bits per heavy atom. The van der Waals surface area contributed by atoms with Crippen LogP contribution in [-0.4, -0.2) is 17.0 Å². The van der Waals surface area contributed by atoms with Crippen molar-refractivity contribution in [2.24, 2.45) is 0 Å². The highest BCUT2D eigenvalue weighted by Gasteiger charge is 2.14. The molecular weight excluding hydrogens is 261 g/mol. The summed E-state index contributed by atoms with van der Waals surface area (Å²) in [7, 11) is 0. The molecule has 0 saturated heterocycles. The summed E-state index contributed by atoms with van der Waals surface area (Å²) in [4.78, 5) is 23.0. The smallest absolute Gasteiger partial charge is 0.337 e. The Hall–Kier alpha value is -2.69. The molecule has 0 aliphatic heterocycles. The third-order valence-electron chi connectivity index (χ3n) is 2.77. The second-order valence-electron chi connectivity index (χ2n) is 4.32. The quantitative estimate of drug-likeness (QED) is 0.903. The summed E-state index contributed by atoms with van der Waals surface area (Å²) in [6, 6.07) is 9.88. The Balaban J connectivity index is 2.29. The summed E-state index contributed by atoms with van der Waals surface area (Å²) >= 11 is 0. The Labute approximate surface area is 114 Å². The van der Waals surface area contributed by atoms with Crippen LogP contribution in [0.3, 0.4) is 0 Å². The number of aromatic carboxylic acids is 1. The van der Waals surface area contributed by atoms with Crippen LogP contribution in [0.4, 0.5) is 10.1 Å². The molecule has 0 atom stereocenters. The molecule has 5 heteroatoms. The van der Waals surface area contributed by atoms with E-state index in [1.807, 2.05) is 6.92 Å². The van der Waals surface area contributed by atoms with Crippen LogP contribution in [0.15, 0.2) is 42.5 Å². The number of nitrogens with one attached hydrogen (secondary N) is 1. The van der Waals surface area contributed by atoms with Crippen LogP contribution < -0.4 is 5.32 Å². The average molecular weight is 273 g/mol. The number of anilines is 1. The minimum Gasteiger partial charge on any atom is -0.478 e. The fraction of sp³-hybridized carbons (Fsp3) is 0.0667. The molecular formula is C15H12FNO3. The standard InChI is InChI=1S/C15H12FNO3/c1-9-2-4-10(5-3-9)14(18)17-13-8-11(16)6-7-12(13)15(19)20/h2-8H,1H3,(H,17,18)(H,19,20). The molecule has 20 heavy (non-hydrogen) atoms. The molecule has 2 aromatic rings. The SMILES string of the molecule is Cc1ccc(C(=O)Nc2cc(F)ccc2C(=O)O)cc1. The monoisotopic (exact) mass is 273 g/mol. The molecule has 0 heterocycles. The molecule has 0 aromatic heterocycles. The van der Waals surface area contributed by atoms with E-state index in [-0.39, 0.29) is 11.3 Å². The second kappa shape index (κ2) is 5.52. The van der Waals surface area contributed by atoms with Gasteiger partial charge in [0.2, 0.25) is 0 Å². The first kappa shape index (κ1) is 13.7. The molecule has 0 unspecified atom stereocenters. The maximum absolute atomic E-state index is 13.2. The fourth-order valence-corrected chi connectivity index (χ4v) is 1.71. The van der Waals surface area contributed by atoms with Crippen molar-refractivity contribution in [3.05, 3.63) is 65.0 Å². The van der Waals surface area contributed by atoms with E-state index >= 15 is 0 Å². The topological polar surface area (TPSA) is 66.4 Å². The van der Waals surface area contributed by atoms with Crippen LogP contribution in [0.25, 0.3) is 0 Å². The third-order valence-corrected chi connectivity index (χ3v) is 2.77. The molecule has 0 radical (unpaired) electrons. The summed E-state index contributed by atoms with van der Waals surface area (Å²) in [5, 5.41) is 11.4. The predicted molar refractivity (Wildman–Crippen MR) is 72.5 cm³/mol. The summed E-state index contributed by atoms with van der Waals surface area (Å²) in [5.74, 6) is -2.34. The maximum Gasteiger partial charge on any atom is 0.337 e. The van der Waals surface area contributed by atoms with E-state index in [9.17, 15) is 14.0 Å². The van der Waals surface area contributed by atoms with Gasteiger partial charge in [-0.15, -0.1) is 0 Å². The Morgan fingerprint density at radius 3 is 2.35 bits per heavy atom. The van der Waals surface area contributed by atoms with E-state index in [1.165, 1.54) is 0 Å². The molecule has 1 amide bonds. The molecule has 0 fully saturated rings. The Morgan fingerprint density at radius 2 is 1.75 bits per heavy atom. The van der Waals surface area contributed by atoms with E-state index in [2.05, 4.69) is 5.32 Å². The van der Waals surface area contributed by atoms with E-state index in [4.69, 9.17) is 5.11 Å². The van der Waals surface area contributed by atoms with Gasteiger partial charge in [-0.05, 0) is 37.3 Å².